The molecule has 0 aliphatic rings. The third kappa shape index (κ3) is 3.79. The SMILES string of the molecule is CCOc1ccccc1N=Nc1c(C)[nH]n(-c2nc(-c3cccs3)c(C)s2)c1=O. The van der Waals surface area contributed by atoms with Gasteiger partial charge in [-0.2, -0.15) is 4.68 Å². The first-order valence-corrected chi connectivity index (χ1v) is 10.7. The minimum atomic E-state index is -0.286. The molecule has 1 aromatic carbocycles. The van der Waals surface area contributed by atoms with Crippen LogP contribution in [0.1, 0.15) is 17.5 Å². The summed E-state index contributed by atoms with van der Waals surface area (Å²) in [5, 5.41) is 14.1. The number of hydrogen-bond donors (Lipinski definition) is 1. The molecule has 0 saturated carbocycles. The van der Waals surface area contributed by atoms with E-state index < -0.39 is 0 Å². The number of thiazole rings is 1. The van der Waals surface area contributed by atoms with Crippen LogP contribution in [0.4, 0.5) is 11.4 Å². The van der Waals surface area contributed by atoms with Crippen molar-refractivity contribution in [3.8, 4) is 21.5 Å². The molecule has 3 heterocycles. The molecule has 0 aliphatic carbocycles. The molecule has 3 aromatic heterocycles. The minimum absolute atomic E-state index is 0.252. The third-order valence-electron chi connectivity index (χ3n) is 4.19. The predicted molar refractivity (Wildman–Crippen MR) is 117 cm³/mol. The maximum atomic E-state index is 12.9. The summed E-state index contributed by atoms with van der Waals surface area (Å²) in [7, 11) is 0. The van der Waals surface area contributed by atoms with Crippen LogP contribution in [0.25, 0.3) is 15.7 Å². The Labute approximate surface area is 175 Å². The Bertz CT molecular complexity index is 1220. The summed E-state index contributed by atoms with van der Waals surface area (Å²) < 4.78 is 6.98. The van der Waals surface area contributed by atoms with Gasteiger partial charge in [0.15, 0.2) is 5.69 Å². The number of hydrogen-bond acceptors (Lipinski definition) is 7. The first kappa shape index (κ1) is 19.3. The van der Waals surface area contributed by atoms with Crippen LogP contribution in [0.15, 0.2) is 56.8 Å². The van der Waals surface area contributed by atoms with Crippen LogP contribution < -0.4 is 10.3 Å². The maximum Gasteiger partial charge on any atom is 0.301 e. The van der Waals surface area contributed by atoms with Gasteiger partial charge in [0.25, 0.3) is 0 Å². The fourth-order valence-electron chi connectivity index (χ4n) is 2.83. The highest BCUT2D eigenvalue weighted by Gasteiger charge is 2.18. The summed E-state index contributed by atoms with van der Waals surface area (Å²) >= 11 is 3.08. The molecule has 0 spiro atoms. The van der Waals surface area contributed by atoms with Crippen molar-refractivity contribution >= 4 is 34.0 Å². The van der Waals surface area contributed by atoms with Gasteiger partial charge in [0.05, 0.1) is 22.9 Å². The predicted octanol–water partition coefficient (Wildman–Crippen LogP) is 5.78. The van der Waals surface area contributed by atoms with E-state index in [9.17, 15) is 4.79 Å². The Hall–Kier alpha value is -3.04. The number of aromatic nitrogens is 3. The summed E-state index contributed by atoms with van der Waals surface area (Å²) in [4.78, 5) is 19.7. The van der Waals surface area contributed by atoms with E-state index in [1.165, 1.54) is 16.0 Å². The Balaban J connectivity index is 1.70. The molecule has 0 amide bonds. The normalized spacial score (nSPS) is 11.4. The first-order chi connectivity index (χ1) is 14.1. The van der Waals surface area contributed by atoms with Crippen LogP contribution in [0.3, 0.4) is 0 Å². The Kier molecular flexibility index (Phi) is 5.41. The Morgan fingerprint density at radius 2 is 2.00 bits per heavy atom. The van der Waals surface area contributed by atoms with Crippen molar-refractivity contribution in [2.45, 2.75) is 20.8 Å². The molecule has 0 atom stereocenters. The van der Waals surface area contributed by atoms with Crippen molar-refractivity contribution in [2.24, 2.45) is 10.2 Å². The van der Waals surface area contributed by atoms with E-state index in [-0.39, 0.29) is 11.2 Å². The number of nitrogens with zero attached hydrogens (tertiary/aromatic N) is 4. The van der Waals surface area contributed by atoms with Crippen LogP contribution in [0.5, 0.6) is 5.75 Å². The average Bonchev–Trinajstić information content (AvgIpc) is 3.42. The number of benzene rings is 1. The number of rotatable bonds is 6. The number of ether oxygens (including phenoxy) is 1. The summed E-state index contributed by atoms with van der Waals surface area (Å²) in [6, 6.07) is 11.4. The lowest BCUT2D eigenvalue weighted by Gasteiger charge is -2.04. The van der Waals surface area contributed by atoms with Gasteiger partial charge in [-0.1, -0.05) is 29.5 Å². The van der Waals surface area contributed by atoms with E-state index >= 15 is 0 Å². The van der Waals surface area contributed by atoms with E-state index in [2.05, 4.69) is 20.3 Å². The summed E-state index contributed by atoms with van der Waals surface area (Å²) in [5.74, 6) is 0.628. The molecule has 1 N–H and O–H groups in total. The topological polar surface area (TPSA) is 84.6 Å². The molecule has 0 fully saturated rings. The number of thiophene rings is 1. The quantitative estimate of drug-likeness (QED) is 0.397. The van der Waals surface area contributed by atoms with Gasteiger partial charge in [-0.25, -0.2) is 4.98 Å². The van der Waals surface area contributed by atoms with Crippen molar-refractivity contribution in [1.29, 1.82) is 0 Å². The number of H-pyrrole nitrogens is 1. The van der Waals surface area contributed by atoms with Crippen molar-refractivity contribution in [2.75, 3.05) is 6.61 Å². The number of para-hydroxylation sites is 1. The highest BCUT2D eigenvalue weighted by Crippen LogP contribution is 2.32. The van der Waals surface area contributed by atoms with Crippen LogP contribution in [-0.2, 0) is 0 Å². The molecule has 0 saturated heterocycles. The zero-order valence-electron chi connectivity index (χ0n) is 16.2. The fourth-order valence-corrected chi connectivity index (χ4v) is 4.55. The van der Waals surface area contributed by atoms with Gasteiger partial charge in [0, 0.05) is 4.88 Å². The molecule has 29 heavy (non-hydrogen) atoms. The molecular formula is C20H19N5O2S2. The molecule has 4 rings (SSSR count). The molecule has 148 valence electrons. The molecule has 0 bridgehead atoms. The largest absolute Gasteiger partial charge is 0.492 e. The number of nitrogens with one attached hydrogen (secondary N) is 1. The molecule has 0 unspecified atom stereocenters. The van der Waals surface area contributed by atoms with E-state index in [1.54, 1.807) is 24.3 Å². The Morgan fingerprint density at radius 1 is 1.17 bits per heavy atom. The van der Waals surface area contributed by atoms with E-state index in [4.69, 9.17) is 4.74 Å². The maximum absolute atomic E-state index is 12.9. The third-order valence-corrected chi connectivity index (χ3v) is 6.03. The van der Waals surface area contributed by atoms with Gasteiger partial charge in [0.2, 0.25) is 5.13 Å². The fraction of sp³-hybridized carbons (Fsp3) is 0.200. The van der Waals surface area contributed by atoms with Gasteiger partial charge in [0.1, 0.15) is 11.4 Å². The molecule has 0 radical (unpaired) electrons. The van der Waals surface area contributed by atoms with Gasteiger partial charge in [-0.15, -0.1) is 21.6 Å². The highest BCUT2D eigenvalue weighted by molar-refractivity contribution is 7.16. The van der Waals surface area contributed by atoms with Crippen LogP contribution >= 0.6 is 22.7 Å². The smallest absolute Gasteiger partial charge is 0.301 e. The monoisotopic (exact) mass is 425 g/mol. The average molecular weight is 426 g/mol. The molecule has 9 heteroatoms. The molecular weight excluding hydrogens is 406 g/mol. The summed E-state index contributed by atoms with van der Waals surface area (Å²) in [6.45, 7) is 6.23. The molecule has 4 aromatic rings. The zero-order valence-corrected chi connectivity index (χ0v) is 17.8. The zero-order chi connectivity index (χ0) is 20.4. The highest BCUT2D eigenvalue weighted by atomic mass is 32.1. The second-order valence-electron chi connectivity index (χ2n) is 6.21. The van der Waals surface area contributed by atoms with E-state index in [0.717, 1.165) is 15.4 Å². The standard InChI is InChI=1S/C20H19N5O2S2/c1-4-27-15-9-6-5-8-14(15)22-23-17-12(2)24-25(19(17)26)20-21-18(13(3)29-20)16-10-7-11-28-16/h5-11,24H,4H2,1-3H3. The first-order valence-electron chi connectivity index (χ1n) is 9.05. The lowest BCUT2D eigenvalue weighted by molar-refractivity contribution is 0.341. The second-order valence-corrected chi connectivity index (χ2v) is 8.33. The van der Waals surface area contributed by atoms with E-state index in [0.29, 0.717) is 28.9 Å². The number of azo groups is 1. The number of aryl methyl sites for hydroxylation is 2. The lowest BCUT2D eigenvalue weighted by atomic mass is 10.3. The minimum Gasteiger partial charge on any atom is -0.492 e. The molecule has 0 aliphatic heterocycles. The van der Waals surface area contributed by atoms with Gasteiger partial charge < -0.3 is 4.74 Å². The summed E-state index contributed by atoms with van der Waals surface area (Å²) in [5.41, 5.74) is 2.06. The van der Waals surface area contributed by atoms with Crippen molar-refractivity contribution in [3.63, 3.8) is 0 Å². The summed E-state index contributed by atoms with van der Waals surface area (Å²) in [6.07, 6.45) is 0. The van der Waals surface area contributed by atoms with Gasteiger partial charge in [-0.05, 0) is 44.4 Å². The second kappa shape index (κ2) is 8.14. The lowest BCUT2D eigenvalue weighted by Crippen LogP contribution is -2.13. The van der Waals surface area contributed by atoms with Crippen molar-refractivity contribution < 1.29 is 4.74 Å². The van der Waals surface area contributed by atoms with Gasteiger partial charge >= 0.3 is 5.56 Å². The van der Waals surface area contributed by atoms with Crippen LogP contribution in [0.2, 0.25) is 0 Å². The number of aromatic amines is 1. The van der Waals surface area contributed by atoms with Crippen LogP contribution in [0, 0.1) is 13.8 Å². The van der Waals surface area contributed by atoms with Gasteiger partial charge in [-0.3, -0.25) is 9.89 Å². The molecule has 7 nitrogen and oxygen atoms in total. The van der Waals surface area contributed by atoms with E-state index in [1.807, 2.05) is 49.6 Å². The van der Waals surface area contributed by atoms with Crippen molar-refractivity contribution in [1.82, 2.24) is 14.8 Å². The van der Waals surface area contributed by atoms with Crippen LogP contribution in [-0.4, -0.2) is 21.4 Å². The Morgan fingerprint density at radius 3 is 2.76 bits per heavy atom. The van der Waals surface area contributed by atoms with Crippen molar-refractivity contribution in [3.05, 3.63) is 62.7 Å².